The molecule has 0 bridgehead atoms. The number of nitrogens with one attached hydrogen (secondary N) is 2. The largest absolute Gasteiger partial charge is 0.497 e. The normalized spacial score (nSPS) is 12.1. The molecule has 0 aromatic heterocycles. The highest BCUT2D eigenvalue weighted by Gasteiger charge is 2.15. The number of methoxy groups -OCH3 is 4. The van der Waals surface area contributed by atoms with Gasteiger partial charge in [-0.1, -0.05) is 0 Å². The molecule has 2 aromatic rings. The molecule has 8 heteroatoms. The molecular weight excluding hydrogens is 386 g/mol. The number of guanidine groups is 1. The number of rotatable bonds is 10. The first-order valence-corrected chi connectivity index (χ1v) is 9.69. The fourth-order valence-corrected chi connectivity index (χ4v) is 2.89. The Labute approximate surface area is 177 Å². The maximum Gasteiger partial charge on any atom is 0.191 e. The monoisotopic (exact) mass is 417 g/mol. The van der Waals surface area contributed by atoms with E-state index in [1.165, 1.54) is 0 Å². The van der Waals surface area contributed by atoms with Crippen LogP contribution in [0.1, 0.15) is 24.2 Å². The predicted octanol–water partition coefficient (Wildman–Crippen LogP) is 2.51. The van der Waals surface area contributed by atoms with E-state index in [0.717, 1.165) is 11.3 Å². The first kappa shape index (κ1) is 23.2. The second-order valence-corrected chi connectivity index (χ2v) is 6.38. The van der Waals surface area contributed by atoms with Crippen LogP contribution in [0.25, 0.3) is 0 Å². The second-order valence-electron chi connectivity index (χ2n) is 6.38. The van der Waals surface area contributed by atoms with Crippen molar-refractivity contribution in [1.82, 2.24) is 10.6 Å². The number of ether oxygens (including phenoxy) is 4. The third kappa shape index (κ3) is 6.18. The summed E-state index contributed by atoms with van der Waals surface area (Å²) in [5.74, 6) is 3.25. The summed E-state index contributed by atoms with van der Waals surface area (Å²) >= 11 is 0. The van der Waals surface area contributed by atoms with Gasteiger partial charge in [0.1, 0.15) is 23.0 Å². The van der Waals surface area contributed by atoms with Gasteiger partial charge in [0, 0.05) is 30.3 Å². The number of hydrogen-bond acceptors (Lipinski definition) is 6. The van der Waals surface area contributed by atoms with Crippen molar-refractivity contribution in [3.63, 3.8) is 0 Å². The summed E-state index contributed by atoms with van der Waals surface area (Å²) in [7, 11) is 6.38. The van der Waals surface area contributed by atoms with E-state index < -0.39 is 6.10 Å². The molecule has 0 saturated carbocycles. The van der Waals surface area contributed by atoms with E-state index in [1.807, 2.05) is 25.1 Å². The third-order valence-electron chi connectivity index (χ3n) is 4.50. The summed E-state index contributed by atoms with van der Waals surface area (Å²) in [5, 5.41) is 17.0. The highest BCUT2D eigenvalue weighted by molar-refractivity contribution is 5.79. The zero-order valence-corrected chi connectivity index (χ0v) is 18.2. The molecular formula is C22H31N3O5. The van der Waals surface area contributed by atoms with E-state index in [0.29, 0.717) is 41.9 Å². The molecule has 30 heavy (non-hydrogen) atoms. The number of aliphatic hydroxyl groups is 1. The van der Waals surface area contributed by atoms with Crippen LogP contribution in [0.5, 0.6) is 23.0 Å². The minimum Gasteiger partial charge on any atom is -0.497 e. The minimum absolute atomic E-state index is 0.245. The highest BCUT2D eigenvalue weighted by atomic mass is 16.5. The Hall–Kier alpha value is -3.13. The Kier molecular flexibility index (Phi) is 9.08. The molecule has 3 N–H and O–H groups in total. The van der Waals surface area contributed by atoms with E-state index in [9.17, 15) is 5.11 Å². The maximum absolute atomic E-state index is 10.7. The van der Waals surface area contributed by atoms with Crippen molar-refractivity contribution in [2.24, 2.45) is 4.99 Å². The molecule has 0 heterocycles. The van der Waals surface area contributed by atoms with Gasteiger partial charge >= 0.3 is 0 Å². The zero-order chi connectivity index (χ0) is 21.9. The lowest BCUT2D eigenvalue weighted by molar-refractivity contribution is 0.176. The van der Waals surface area contributed by atoms with E-state index >= 15 is 0 Å². The van der Waals surface area contributed by atoms with Crippen LogP contribution in [0, 0.1) is 0 Å². The number of benzene rings is 2. The summed E-state index contributed by atoms with van der Waals surface area (Å²) in [6.07, 6.45) is -0.811. The zero-order valence-electron chi connectivity index (χ0n) is 18.2. The number of aliphatic hydroxyl groups excluding tert-OH is 1. The molecule has 0 aliphatic carbocycles. The Bertz CT molecular complexity index is 842. The maximum atomic E-state index is 10.7. The lowest BCUT2D eigenvalue weighted by atomic mass is 10.1. The van der Waals surface area contributed by atoms with Gasteiger partial charge in [0.25, 0.3) is 0 Å². The van der Waals surface area contributed by atoms with Crippen LogP contribution in [-0.4, -0.2) is 52.6 Å². The topological polar surface area (TPSA) is 93.6 Å². The summed E-state index contributed by atoms with van der Waals surface area (Å²) in [6.45, 7) is 3.31. The summed E-state index contributed by atoms with van der Waals surface area (Å²) in [6, 6.07) is 10.9. The Morgan fingerprint density at radius 2 is 1.57 bits per heavy atom. The van der Waals surface area contributed by atoms with Crippen LogP contribution in [0.15, 0.2) is 41.4 Å². The highest BCUT2D eigenvalue weighted by Crippen LogP contribution is 2.29. The van der Waals surface area contributed by atoms with Crippen molar-refractivity contribution in [1.29, 1.82) is 0 Å². The Morgan fingerprint density at radius 3 is 2.20 bits per heavy atom. The molecule has 0 aliphatic heterocycles. The minimum atomic E-state index is -0.811. The van der Waals surface area contributed by atoms with Gasteiger partial charge in [-0.05, 0) is 37.3 Å². The second kappa shape index (κ2) is 11.8. The van der Waals surface area contributed by atoms with Gasteiger partial charge in [0.05, 0.1) is 41.1 Å². The van der Waals surface area contributed by atoms with Gasteiger partial charge in [-0.15, -0.1) is 0 Å². The number of aliphatic imine (C=N–C) groups is 1. The molecule has 8 nitrogen and oxygen atoms in total. The Morgan fingerprint density at radius 1 is 0.900 bits per heavy atom. The van der Waals surface area contributed by atoms with E-state index in [4.69, 9.17) is 18.9 Å². The van der Waals surface area contributed by atoms with E-state index in [1.54, 1.807) is 46.6 Å². The predicted molar refractivity (Wildman–Crippen MR) is 117 cm³/mol. The average Bonchev–Trinajstić information content (AvgIpc) is 2.79. The van der Waals surface area contributed by atoms with Crippen LogP contribution < -0.4 is 29.6 Å². The standard InChI is InChI=1S/C22H31N3O5/c1-6-23-22(24-13-15-7-8-17(28-3)12-21(15)30-5)25-14-19(26)18-11-16(27-2)9-10-20(18)29-4/h7-12,19,26H,6,13-14H2,1-5H3,(H2,23,24,25). The molecule has 2 aromatic carbocycles. The van der Waals surface area contributed by atoms with Gasteiger partial charge in [0.2, 0.25) is 0 Å². The quantitative estimate of drug-likeness (QED) is 0.404. The fraction of sp³-hybridized carbons (Fsp3) is 0.409. The summed E-state index contributed by atoms with van der Waals surface area (Å²) in [4.78, 5) is 4.60. The van der Waals surface area contributed by atoms with Crippen molar-refractivity contribution >= 4 is 5.96 Å². The van der Waals surface area contributed by atoms with Crippen LogP contribution in [0.2, 0.25) is 0 Å². The van der Waals surface area contributed by atoms with Gasteiger partial charge in [0.15, 0.2) is 5.96 Å². The smallest absolute Gasteiger partial charge is 0.191 e. The van der Waals surface area contributed by atoms with Crippen molar-refractivity contribution < 1.29 is 24.1 Å². The first-order chi connectivity index (χ1) is 14.6. The molecule has 1 unspecified atom stereocenters. The van der Waals surface area contributed by atoms with Crippen LogP contribution in [0.4, 0.5) is 0 Å². The molecule has 0 fully saturated rings. The molecule has 164 valence electrons. The van der Waals surface area contributed by atoms with Gasteiger partial charge < -0.3 is 34.7 Å². The SMILES string of the molecule is CCNC(=NCc1ccc(OC)cc1OC)NCC(O)c1cc(OC)ccc1OC. The summed E-state index contributed by atoms with van der Waals surface area (Å²) in [5.41, 5.74) is 1.56. The van der Waals surface area contributed by atoms with Crippen LogP contribution in [-0.2, 0) is 6.54 Å². The Balaban J connectivity index is 2.10. The van der Waals surface area contributed by atoms with Crippen molar-refractivity contribution in [2.75, 3.05) is 41.5 Å². The van der Waals surface area contributed by atoms with E-state index in [-0.39, 0.29) is 6.54 Å². The first-order valence-electron chi connectivity index (χ1n) is 9.69. The van der Waals surface area contributed by atoms with Gasteiger partial charge in [-0.2, -0.15) is 0 Å². The molecule has 0 aliphatic rings. The third-order valence-corrected chi connectivity index (χ3v) is 4.50. The van der Waals surface area contributed by atoms with Crippen molar-refractivity contribution in [3.05, 3.63) is 47.5 Å². The van der Waals surface area contributed by atoms with Crippen molar-refractivity contribution in [2.45, 2.75) is 19.6 Å². The van der Waals surface area contributed by atoms with Crippen molar-refractivity contribution in [3.8, 4) is 23.0 Å². The lowest BCUT2D eigenvalue weighted by Crippen LogP contribution is -2.39. The van der Waals surface area contributed by atoms with E-state index in [2.05, 4.69) is 15.6 Å². The molecule has 0 spiro atoms. The molecule has 2 rings (SSSR count). The molecule has 0 saturated heterocycles. The fourth-order valence-electron chi connectivity index (χ4n) is 2.89. The average molecular weight is 418 g/mol. The molecule has 0 radical (unpaired) electrons. The molecule has 1 atom stereocenters. The number of hydrogen-bond donors (Lipinski definition) is 3. The van der Waals surface area contributed by atoms with Crippen LogP contribution >= 0.6 is 0 Å². The van der Waals surface area contributed by atoms with Gasteiger partial charge in [-0.3, -0.25) is 0 Å². The summed E-state index contributed by atoms with van der Waals surface area (Å²) < 4.78 is 21.3. The van der Waals surface area contributed by atoms with Gasteiger partial charge in [-0.25, -0.2) is 4.99 Å². The number of nitrogens with zero attached hydrogens (tertiary/aromatic N) is 1. The van der Waals surface area contributed by atoms with Crippen LogP contribution in [0.3, 0.4) is 0 Å². The molecule has 0 amide bonds. The lowest BCUT2D eigenvalue weighted by Gasteiger charge is -2.18.